The van der Waals surface area contributed by atoms with Crippen LogP contribution in [-0.2, 0) is 9.59 Å². The molecule has 60 valence electrons. The largest absolute Gasteiger partial charge is 0.480 e. The van der Waals surface area contributed by atoms with E-state index < -0.39 is 17.9 Å². The van der Waals surface area contributed by atoms with Crippen LogP contribution in [0.25, 0.3) is 0 Å². The molecule has 4 nitrogen and oxygen atoms in total. The van der Waals surface area contributed by atoms with Crippen molar-refractivity contribution < 1.29 is 14.7 Å². The van der Waals surface area contributed by atoms with Crippen LogP contribution in [-0.4, -0.2) is 23.0 Å². The number of rotatable bonds is 3. The fourth-order valence-corrected chi connectivity index (χ4v) is 0.447. The van der Waals surface area contributed by atoms with E-state index >= 15 is 0 Å². The van der Waals surface area contributed by atoms with Gasteiger partial charge in [0.25, 0.3) is 0 Å². The molecule has 1 unspecified atom stereocenters. The molecule has 2 N–H and O–H groups in total. The van der Waals surface area contributed by atoms with Gasteiger partial charge in [-0.05, 0) is 6.92 Å². The van der Waals surface area contributed by atoms with Gasteiger partial charge in [-0.1, -0.05) is 5.92 Å². The fourth-order valence-electron chi connectivity index (χ4n) is 0.447. The molecule has 0 aromatic heterocycles. The van der Waals surface area contributed by atoms with Crippen molar-refractivity contribution in [1.82, 2.24) is 5.32 Å². The van der Waals surface area contributed by atoms with Gasteiger partial charge in [0.2, 0.25) is 5.91 Å². The first-order valence-electron chi connectivity index (χ1n) is 3.03. The van der Waals surface area contributed by atoms with Crippen molar-refractivity contribution in [2.75, 3.05) is 0 Å². The van der Waals surface area contributed by atoms with Crippen LogP contribution in [0.15, 0.2) is 0 Å². The maximum atomic E-state index is 10.6. The second-order valence-corrected chi connectivity index (χ2v) is 2.01. The number of nitrogens with one attached hydrogen (secondary N) is 1. The predicted molar refractivity (Wildman–Crippen MR) is 38.7 cm³/mol. The van der Waals surface area contributed by atoms with E-state index in [1.165, 1.54) is 6.92 Å². The Balaban J connectivity index is 3.77. The van der Waals surface area contributed by atoms with Crippen molar-refractivity contribution in [3.63, 3.8) is 0 Å². The first kappa shape index (κ1) is 9.50. The second kappa shape index (κ2) is 4.34. The van der Waals surface area contributed by atoms with Gasteiger partial charge >= 0.3 is 5.97 Å². The summed E-state index contributed by atoms with van der Waals surface area (Å²) < 4.78 is 0. The third kappa shape index (κ3) is 3.98. The molecule has 0 aliphatic rings. The Bertz CT molecular complexity index is 204. The lowest BCUT2D eigenvalue weighted by molar-refractivity contribution is -0.141. The molecule has 1 atom stereocenters. The number of terminal acetylenes is 1. The summed E-state index contributed by atoms with van der Waals surface area (Å²) in [5.74, 6) is 0.591. The van der Waals surface area contributed by atoms with E-state index in [-0.39, 0.29) is 6.42 Å². The molecule has 4 heteroatoms. The molecule has 11 heavy (non-hydrogen) atoms. The molecular formula is C7H9NO3. The van der Waals surface area contributed by atoms with E-state index in [0.717, 1.165) is 0 Å². The Labute approximate surface area is 64.6 Å². The highest BCUT2D eigenvalue weighted by Crippen LogP contribution is 1.83. The number of carbonyl (C=O) groups excluding carboxylic acids is 1. The number of carbonyl (C=O) groups is 2. The predicted octanol–water partition coefficient (Wildman–Crippen LogP) is -0.401. The molecule has 0 aromatic rings. The van der Waals surface area contributed by atoms with Crippen LogP contribution in [0.4, 0.5) is 0 Å². The summed E-state index contributed by atoms with van der Waals surface area (Å²) in [5.41, 5.74) is 0. The van der Waals surface area contributed by atoms with E-state index in [1.54, 1.807) is 0 Å². The van der Waals surface area contributed by atoms with Gasteiger partial charge in [-0.2, -0.15) is 0 Å². The van der Waals surface area contributed by atoms with E-state index in [0.29, 0.717) is 0 Å². The zero-order chi connectivity index (χ0) is 8.85. The van der Waals surface area contributed by atoms with Crippen LogP contribution in [0.5, 0.6) is 0 Å². The number of aliphatic carboxylic acids is 1. The number of amides is 1. The molecule has 1 amide bonds. The van der Waals surface area contributed by atoms with Gasteiger partial charge < -0.3 is 10.4 Å². The quantitative estimate of drug-likeness (QED) is 0.545. The first-order valence-corrected chi connectivity index (χ1v) is 3.03. The average molecular weight is 155 g/mol. The zero-order valence-electron chi connectivity index (χ0n) is 6.13. The summed E-state index contributed by atoms with van der Waals surface area (Å²) in [6.07, 6.45) is 4.74. The Hall–Kier alpha value is -1.50. The van der Waals surface area contributed by atoms with E-state index in [9.17, 15) is 9.59 Å². The standard InChI is InChI=1S/C7H9NO3/c1-3-4-6(9)8-5(2)7(10)11/h1,5H,4H2,2H3,(H,8,9)(H,10,11). The maximum absolute atomic E-state index is 10.6. The van der Waals surface area contributed by atoms with E-state index in [4.69, 9.17) is 11.5 Å². The zero-order valence-corrected chi connectivity index (χ0v) is 6.13. The van der Waals surface area contributed by atoms with Crippen molar-refractivity contribution in [1.29, 1.82) is 0 Å². The minimum atomic E-state index is -1.07. The van der Waals surface area contributed by atoms with Crippen molar-refractivity contribution in [3.05, 3.63) is 0 Å². The number of hydrogen-bond acceptors (Lipinski definition) is 2. The van der Waals surface area contributed by atoms with Crippen molar-refractivity contribution in [2.45, 2.75) is 19.4 Å². The Kier molecular flexibility index (Phi) is 3.75. The van der Waals surface area contributed by atoms with Gasteiger partial charge in [-0.25, -0.2) is 0 Å². The first-order chi connectivity index (χ1) is 5.07. The lowest BCUT2D eigenvalue weighted by Crippen LogP contribution is -2.37. The molecule has 0 spiro atoms. The maximum Gasteiger partial charge on any atom is 0.325 e. The highest BCUT2D eigenvalue weighted by Gasteiger charge is 2.12. The monoisotopic (exact) mass is 155 g/mol. The summed E-state index contributed by atoms with van der Waals surface area (Å²) in [4.78, 5) is 20.8. The van der Waals surface area contributed by atoms with Crippen molar-refractivity contribution >= 4 is 11.9 Å². The molecule has 0 fully saturated rings. The topological polar surface area (TPSA) is 66.4 Å². The van der Waals surface area contributed by atoms with Crippen LogP contribution in [0.1, 0.15) is 13.3 Å². The molecular weight excluding hydrogens is 146 g/mol. The molecule has 0 radical (unpaired) electrons. The second-order valence-electron chi connectivity index (χ2n) is 2.01. The van der Waals surface area contributed by atoms with Crippen LogP contribution in [0.3, 0.4) is 0 Å². The molecule has 0 aliphatic heterocycles. The molecule has 0 rings (SSSR count). The summed E-state index contributed by atoms with van der Waals surface area (Å²) in [6, 6.07) is -0.879. The summed E-state index contributed by atoms with van der Waals surface area (Å²) in [6.45, 7) is 1.37. The summed E-state index contributed by atoms with van der Waals surface area (Å²) in [5, 5.41) is 10.5. The fraction of sp³-hybridized carbons (Fsp3) is 0.429. The Morgan fingerprint density at radius 3 is 2.64 bits per heavy atom. The van der Waals surface area contributed by atoms with Gasteiger partial charge in [-0.3, -0.25) is 9.59 Å². The van der Waals surface area contributed by atoms with Crippen molar-refractivity contribution in [3.8, 4) is 12.3 Å². The summed E-state index contributed by atoms with van der Waals surface area (Å²) in [7, 11) is 0. The molecule has 0 saturated heterocycles. The van der Waals surface area contributed by atoms with Crippen molar-refractivity contribution in [2.24, 2.45) is 0 Å². The summed E-state index contributed by atoms with van der Waals surface area (Å²) >= 11 is 0. The minimum absolute atomic E-state index is 0.0857. The SMILES string of the molecule is C#CCC(=O)NC(C)C(=O)O. The van der Waals surface area contributed by atoms with Crippen LogP contribution < -0.4 is 5.32 Å². The highest BCUT2D eigenvalue weighted by atomic mass is 16.4. The number of carboxylic acids is 1. The Morgan fingerprint density at radius 2 is 2.27 bits per heavy atom. The highest BCUT2D eigenvalue weighted by molar-refractivity contribution is 5.84. The normalized spacial score (nSPS) is 11.3. The van der Waals surface area contributed by atoms with Crippen LogP contribution in [0.2, 0.25) is 0 Å². The third-order valence-electron chi connectivity index (χ3n) is 1.01. The average Bonchev–Trinajstić information content (AvgIpc) is 1.87. The molecule has 0 heterocycles. The third-order valence-corrected chi connectivity index (χ3v) is 1.01. The molecule has 0 bridgehead atoms. The molecule has 0 saturated carbocycles. The van der Waals surface area contributed by atoms with E-state index in [2.05, 4.69) is 11.2 Å². The van der Waals surface area contributed by atoms with Gasteiger partial charge in [0.05, 0.1) is 6.42 Å². The lowest BCUT2D eigenvalue weighted by Gasteiger charge is -2.06. The van der Waals surface area contributed by atoms with Gasteiger partial charge in [0.1, 0.15) is 6.04 Å². The van der Waals surface area contributed by atoms with Crippen LogP contribution >= 0.6 is 0 Å². The van der Waals surface area contributed by atoms with Gasteiger partial charge in [-0.15, -0.1) is 6.42 Å². The minimum Gasteiger partial charge on any atom is -0.480 e. The smallest absolute Gasteiger partial charge is 0.325 e. The van der Waals surface area contributed by atoms with E-state index in [1.807, 2.05) is 0 Å². The lowest BCUT2D eigenvalue weighted by atomic mass is 10.3. The molecule has 0 aromatic carbocycles. The number of hydrogen-bond donors (Lipinski definition) is 2. The molecule has 0 aliphatic carbocycles. The van der Waals surface area contributed by atoms with Crippen LogP contribution in [0, 0.1) is 12.3 Å². The Morgan fingerprint density at radius 1 is 1.73 bits per heavy atom. The van der Waals surface area contributed by atoms with Gasteiger partial charge in [0.15, 0.2) is 0 Å². The number of carboxylic acid groups (broad SMARTS) is 1. The van der Waals surface area contributed by atoms with Gasteiger partial charge in [0, 0.05) is 0 Å².